The Morgan fingerprint density at radius 1 is 1.08 bits per heavy atom. The molecule has 0 spiro atoms. The molecule has 128 valence electrons. The molecular weight excluding hydrogens is 311 g/mol. The average Bonchev–Trinajstić information content (AvgIpc) is 2.61. The standard InChI is InChI=1S/C18H21FN2O3/c1-23-15-6-8-16(9-7-15)24-11-10-20-13-18(22)21-12-14-4-2-3-5-17(14)19/h2-9,20H,10-13H2,1H3,(H,21,22). The minimum absolute atomic E-state index is 0.153. The van der Waals surface area contributed by atoms with Gasteiger partial charge in [-0.25, -0.2) is 4.39 Å². The van der Waals surface area contributed by atoms with Gasteiger partial charge in [-0.2, -0.15) is 0 Å². The molecule has 0 unspecified atom stereocenters. The fourth-order valence-corrected chi connectivity index (χ4v) is 2.01. The summed E-state index contributed by atoms with van der Waals surface area (Å²) in [6, 6.07) is 13.6. The molecule has 2 aromatic rings. The summed E-state index contributed by atoms with van der Waals surface area (Å²) in [7, 11) is 1.61. The van der Waals surface area contributed by atoms with Crippen LogP contribution in [0.1, 0.15) is 5.56 Å². The molecule has 0 fully saturated rings. The van der Waals surface area contributed by atoms with E-state index >= 15 is 0 Å². The molecular formula is C18H21FN2O3. The molecule has 0 heterocycles. The number of ether oxygens (including phenoxy) is 2. The van der Waals surface area contributed by atoms with Crippen LogP contribution in [0, 0.1) is 5.82 Å². The second kappa shape index (κ2) is 9.52. The Balaban J connectivity index is 1.58. The molecule has 0 saturated carbocycles. The van der Waals surface area contributed by atoms with E-state index in [0.29, 0.717) is 18.7 Å². The lowest BCUT2D eigenvalue weighted by molar-refractivity contribution is -0.120. The lowest BCUT2D eigenvalue weighted by Crippen LogP contribution is -2.35. The Hall–Kier alpha value is -2.60. The molecule has 5 nitrogen and oxygen atoms in total. The number of rotatable bonds is 9. The van der Waals surface area contributed by atoms with Crippen molar-refractivity contribution >= 4 is 5.91 Å². The predicted octanol–water partition coefficient (Wildman–Crippen LogP) is 2.12. The van der Waals surface area contributed by atoms with Gasteiger partial charge in [0.15, 0.2) is 0 Å². The van der Waals surface area contributed by atoms with E-state index in [9.17, 15) is 9.18 Å². The van der Waals surface area contributed by atoms with Crippen molar-refractivity contribution in [3.05, 3.63) is 59.9 Å². The van der Waals surface area contributed by atoms with E-state index in [1.165, 1.54) is 6.07 Å². The molecule has 0 bridgehead atoms. The number of hydrogen-bond donors (Lipinski definition) is 2. The molecule has 24 heavy (non-hydrogen) atoms. The van der Waals surface area contributed by atoms with Crippen molar-refractivity contribution in [2.75, 3.05) is 26.8 Å². The monoisotopic (exact) mass is 332 g/mol. The Labute approximate surface area is 140 Å². The van der Waals surface area contributed by atoms with Gasteiger partial charge in [0.1, 0.15) is 23.9 Å². The molecule has 0 atom stereocenters. The normalized spacial score (nSPS) is 10.2. The van der Waals surface area contributed by atoms with Gasteiger partial charge < -0.3 is 20.1 Å². The van der Waals surface area contributed by atoms with Crippen molar-refractivity contribution in [2.45, 2.75) is 6.54 Å². The summed E-state index contributed by atoms with van der Waals surface area (Å²) < 4.78 is 24.0. The zero-order valence-corrected chi connectivity index (χ0v) is 13.5. The summed E-state index contributed by atoms with van der Waals surface area (Å²) in [5.74, 6) is 0.995. The van der Waals surface area contributed by atoms with Crippen molar-refractivity contribution in [3.63, 3.8) is 0 Å². The van der Waals surface area contributed by atoms with E-state index in [4.69, 9.17) is 9.47 Å². The second-order valence-corrected chi connectivity index (χ2v) is 5.07. The number of amides is 1. The minimum atomic E-state index is -0.321. The molecule has 6 heteroatoms. The van der Waals surface area contributed by atoms with Crippen LogP contribution in [0.25, 0.3) is 0 Å². The van der Waals surface area contributed by atoms with Gasteiger partial charge in [-0.15, -0.1) is 0 Å². The van der Waals surface area contributed by atoms with Crippen LogP contribution in [0.4, 0.5) is 4.39 Å². The van der Waals surface area contributed by atoms with Gasteiger partial charge >= 0.3 is 0 Å². The highest BCUT2D eigenvalue weighted by Gasteiger charge is 2.04. The van der Waals surface area contributed by atoms with E-state index in [-0.39, 0.29) is 24.8 Å². The van der Waals surface area contributed by atoms with E-state index in [1.807, 2.05) is 24.3 Å². The number of hydrogen-bond acceptors (Lipinski definition) is 4. The van der Waals surface area contributed by atoms with Crippen LogP contribution in [0.3, 0.4) is 0 Å². The first-order chi connectivity index (χ1) is 11.7. The van der Waals surface area contributed by atoms with E-state index in [0.717, 1.165) is 11.5 Å². The highest BCUT2D eigenvalue weighted by atomic mass is 19.1. The van der Waals surface area contributed by atoms with Gasteiger partial charge in [0.2, 0.25) is 5.91 Å². The maximum Gasteiger partial charge on any atom is 0.234 e. The smallest absolute Gasteiger partial charge is 0.234 e. The number of carbonyl (C=O) groups is 1. The Bertz CT molecular complexity index is 647. The van der Waals surface area contributed by atoms with Crippen LogP contribution in [-0.4, -0.2) is 32.7 Å². The lowest BCUT2D eigenvalue weighted by atomic mass is 10.2. The number of benzene rings is 2. The molecule has 0 aromatic heterocycles. The fourth-order valence-electron chi connectivity index (χ4n) is 2.01. The number of carbonyl (C=O) groups excluding carboxylic acids is 1. The summed E-state index contributed by atoms with van der Waals surface area (Å²) in [5.41, 5.74) is 0.466. The van der Waals surface area contributed by atoms with Crippen molar-refractivity contribution in [1.29, 1.82) is 0 Å². The summed E-state index contributed by atoms with van der Waals surface area (Å²) >= 11 is 0. The van der Waals surface area contributed by atoms with Crippen LogP contribution < -0.4 is 20.1 Å². The van der Waals surface area contributed by atoms with Gasteiger partial charge in [-0.1, -0.05) is 18.2 Å². The van der Waals surface area contributed by atoms with Crippen LogP contribution in [0.15, 0.2) is 48.5 Å². The maximum atomic E-state index is 13.4. The van der Waals surface area contributed by atoms with Crippen molar-refractivity contribution < 1.29 is 18.7 Å². The zero-order chi connectivity index (χ0) is 17.2. The minimum Gasteiger partial charge on any atom is -0.497 e. The molecule has 0 saturated heterocycles. The summed E-state index contributed by atoms with van der Waals surface area (Å²) in [6.45, 7) is 1.29. The van der Waals surface area contributed by atoms with E-state index in [2.05, 4.69) is 10.6 Å². The van der Waals surface area contributed by atoms with Gasteiger partial charge in [0.25, 0.3) is 0 Å². The van der Waals surface area contributed by atoms with Crippen LogP contribution >= 0.6 is 0 Å². The largest absolute Gasteiger partial charge is 0.497 e. The topological polar surface area (TPSA) is 59.6 Å². The van der Waals surface area contributed by atoms with Gasteiger partial charge in [0, 0.05) is 18.7 Å². The first-order valence-corrected chi connectivity index (χ1v) is 7.66. The third-order valence-electron chi connectivity index (χ3n) is 3.33. The zero-order valence-electron chi connectivity index (χ0n) is 13.5. The lowest BCUT2D eigenvalue weighted by Gasteiger charge is -2.09. The third-order valence-corrected chi connectivity index (χ3v) is 3.33. The Morgan fingerprint density at radius 3 is 2.50 bits per heavy atom. The number of nitrogens with one attached hydrogen (secondary N) is 2. The Morgan fingerprint density at radius 2 is 1.79 bits per heavy atom. The molecule has 2 N–H and O–H groups in total. The molecule has 0 aliphatic carbocycles. The highest BCUT2D eigenvalue weighted by molar-refractivity contribution is 5.77. The predicted molar refractivity (Wildman–Crippen MR) is 89.6 cm³/mol. The van der Waals surface area contributed by atoms with Gasteiger partial charge in [0.05, 0.1) is 13.7 Å². The quantitative estimate of drug-likeness (QED) is 0.691. The van der Waals surface area contributed by atoms with Crippen molar-refractivity contribution in [2.24, 2.45) is 0 Å². The summed E-state index contributed by atoms with van der Waals surface area (Å²) in [6.07, 6.45) is 0. The maximum absolute atomic E-state index is 13.4. The number of methoxy groups -OCH3 is 1. The molecule has 1 amide bonds. The molecule has 0 radical (unpaired) electrons. The van der Waals surface area contributed by atoms with Crippen molar-refractivity contribution in [1.82, 2.24) is 10.6 Å². The summed E-state index contributed by atoms with van der Waals surface area (Å²) in [4.78, 5) is 11.7. The molecule has 0 aliphatic heterocycles. The third kappa shape index (κ3) is 5.89. The second-order valence-electron chi connectivity index (χ2n) is 5.07. The SMILES string of the molecule is COc1ccc(OCCNCC(=O)NCc2ccccc2F)cc1. The van der Waals surface area contributed by atoms with Crippen molar-refractivity contribution in [3.8, 4) is 11.5 Å². The first-order valence-electron chi connectivity index (χ1n) is 7.66. The Kier molecular flexibility index (Phi) is 7.04. The van der Waals surface area contributed by atoms with Crippen LogP contribution in [0.2, 0.25) is 0 Å². The van der Waals surface area contributed by atoms with Gasteiger partial charge in [-0.05, 0) is 30.3 Å². The molecule has 2 rings (SSSR count). The van der Waals surface area contributed by atoms with E-state index in [1.54, 1.807) is 25.3 Å². The van der Waals surface area contributed by atoms with Crippen LogP contribution in [0.5, 0.6) is 11.5 Å². The fraction of sp³-hybridized carbons (Fsp3) is 0.278. The number of halogens is 1. The molecule has 0 aliphatic rings. The first kappa shape index (κ1) is 17.7. The van der Waals surface area contributed by atoms with E-state index < -0.39 is 0 Å². The highest BCUT2D eigenvalue weighted by Crippen LogP contribution is 2.16. The van der Waals surface area contributed by atoms with Gasteiger partial charge in [-0.3, -0.25) is 4.79 Å². The average molecular weight is 332 g/mol. The summed E-state index contributed by atoms with van der Waals surface area (Å²) in [5, 5.41) is 5.64. The van der Waals surface area contributed by atoms with Crippen LogP contribution in [-0.2, 0) is 11.3 Å². The molecule has 2 aromatic carbocycles.